The Hall–Kier alpha value is -2.44. The normalized spacial score (nSPS) is 11.6. The molecular weight excluding hydrogens is 284 g/mol. The van der Waals surface area contributed by atoms with Crippen molar-refractivity contribution in [1.29, 1.82) is 0 Å². The van der Waals surface area contributed by atoms with E-state index in [1.54, 1.807) is 0 Å². The fraction of sp³-hybridized carbons (Fsp3) is 0.286. The number of amides is 1. The van der Waals surface area contributed by atoms with Gasteiger partial charge in [0.15, 0.2) is 17.9 Å². The van der Waals surface area contributed by atoms with Gasteiger partial charge in [0.1, 0.15) is 12.6 Å². The lowest BCUT2D eigenvalue weighted by atomic mass is 10.0. The first-order valence-electron chi connectivity index (χ1n) is 6.06. The third-order valence-electron chi connectivity index (χ3n) is 3.01. The lowest BCUT2D eigenvalue weighted by Gasteiger charge is -2.23. The Morgan fingerprint density at radius 1 is 1.24 bits per heavy atom. The average molecular weight is 297 g/mol. The van der Waals surface area contributed by atoms with Crippen LogP contribution >= 0.6 is 0 Å². The maximum absolute atomic E-state index is 13.2. The smallest absolute Gasteiger partial charge is 0.255 e. The van der Waals surface area contributed by atoms with Crippen molar-refractivity contribution < 1.29 is 28.0 Å². The largest absolute Gasteiger partial charge is 0.332 e. The van der Waals surface area contributed by atoms with Gasteiger partial charge in [-0.1, -0.05) is 0 Å². The zero-order chi connectivity index (χ0) is 16.0. The van der Waals surface area contributed by atoms with Crippen LogP contribution in [0, 0.1) is 11.6 Å². The zero-order valence-electron chi connectivity index (χ0n) is 11.2. The highest BCUT2D eigenvalue weighted by molar-refractivity contribution is 6.02. The molecule has 0 aliphatic carbocycles. The maximum Gasteiger partial charge on any atom is 0.255 e. The van der Waals surface area contributed by atoms with Crippen molar-refractivity contribution in [1.82, 2.24) is 4.90 Å². The van der Waals surface area contributed by atoms with Crippen molar-refractivity contribution in [2.24, 2.45) is 0 Å². The van der Waals surface area contributed by atoms with Crippen LogP contribution in [0.4, 0.5) is 8.78 Å². The van der Waals surface area contributed by atoms with E-state index in [0.29, 0.717) is 24.7 Å². The fourth-order valence-corrected chi connectivity index (χ4v) is 1.78. The van der Waals surface area contributed by atoms with E-state index in [0.717, 1.165) is 4.90 Å². The van der Waals surface area contributed by atoms with E-state index < -0.39 is 23.6 Å². The summed E-state index contributed by atoms with van der Waals surface area (Å²) < 4.78 is 26.3. The monoisotopic (exact) mass is 297 g/mol. The van der Waals surface area contributed by atoms with Crippen LogP contribution in [0.3, 0.4) is 0 Å². The summed E-state index contributed by atoms with van der Waals surface area (Å²) in [6, 6.07) is 0.333. The molecule has 1 unspecified atom stereocenters. The molecule has 0 bridgehead atoms. The van der Waals surface area contributed by atoms with E-state index in [-0.39, 0.29) is 30.3 Å². The Balaban J connectivity index is 3.11. The Morgan fingerprint density at radius 3 is 2.38 bits per heavy atom. The molecule has 0 saturated heterocycles. The molecule has 1 aromatic rings. The van der Waals surface area contributed by atoms with E-state index in [1.165, 1.54) is 7.05 Å². The number of halogens is 2. The van der Waals surface area contributed by atoms with Crippen LogP contribution in [-0.4, -0.2) is 42.8 Å². The van der Waals surface area contributed by atoms with Crippen molar-refractivity contribution in [2.75, 3.05) is 7.05 Å². The van der Waals surface area contributed by atoms with Crippen LogP contribution < -0.4 is 0 Å². The van der Waals surface area contributed by atoms with Gasteiger partial charge in [-0.2, -0.15) is 0 Å². The van der Waals surface area contributed by atoms with Gasteiger partial charge in [-0.3, -0.25) is 9.59 Å². The molecule has 0 N–H and O–H groups in total. The Labute approximate surface area is 119 Å². The summed E-state index contributed by atoms with van der Waals surface area (Å²) in [5.74, 6) is -3.32. The number of likely N-dealkylation sites (N-methyl/N-ethyl adjacent to an activating group) is 1. The second-order valence-electron chi connectivity index (χ2n) is 4.33. The number of nitrogens with zero attached hydrogens (tertiary/aromatic N) is 1. The molecule has 0 aliphatic rings. The average Bonchev–Trinajstić information content (AvgIpc) is 2.49. The summed E-state index contributed by atoms with van der Waals surface area (Å²) in [5, 5.41) is 0. The van der Waals surface area contributed by atoms with Gasteiger partial charge in [0, 0.05) is 19.0 Å². The molecule has 1 rings (SSSR count). The first-order valence-corrected chi connectivity index (χ1v) is 6.06. The molecule has 1 amide bonds. The second-order valence-corrected chi connectivity index (χ2v) is 4.33. The molecular formula is C14H13F2NO4. The van der Waals surface area contributed by atoms with Crippen molar-refractivity contribution >= 4 is 24.8 Å². The van der Waals surface area contributed by atoms with E-state index in [2.05, 4.69) is 0 Å². The predicted molar refractivity (Wildman–Crippen MR) is 69.0 cm³/mol. The molecule has 1 aromatic carbocycles. The molecule has 1 atom stereocenters. The highest BCUT2D eigenvalue weighted by Crippen LogP contribution is 2.17. The van der Waals surface area contributed by atoms with Crippen molar-refractivity contribution in [3.8, 4) is 0 Å². The van der Waals surface area contributed by atoms with Crippen LogP contribution in [-0.2, 0) is 9.59 Å². The van der Waals surface area contributed by atoms with Gasteiger partial charge in [0.2, 0.25) is 0 Å². The summed E-state index contributed by atoms with van der Waals surface area (Å²) in [6.45, 7) is 0. The minimum absolute atomic E-state index is 0.0688. The summed E-state index contributed by atoms with van der Waals surface area (Å²) in [6.07, 6.45) is 1.48. The third kappa shape index (κ3) is 3.77. The van der Waals surface area contributed by atoms with Gasteiger partial charge in [-0.15, -0.1) is 0 Å². The molecule has 0 spiro atoms. The highest BCUT2D eigenvalue weighted by Gasteiger charge is 2.24. The van der Waals surface area contributed by atoms with Gasteiger partial charge in [-0.25, -0.2) is 8.78 Å². The minimum Gasteiger partial charge on any atom is -0.332 e. The molecule has 112 valence electrons. The molecule has 0 heterocycles. The highest BCUT2D eigenvalue weighted by atomic mass is 19.2. The van der Waals surface area contributed by atoms with E-state index in [9.17, 15) is 28.0 Å². The second kappa shape index (κ2) is 7.37. The van der Waals surface area contributed by atoms with Gasteiger partial charge in [0.05, 0.1) is 11.6 Å². The predicted octanol–water partition coefficient (Wildman–Crippen LogP) is 1.40. The van der Waals surface area contributed by atoms with Crippen LogP contribution in [0.2, 0.25) is 0 Å². The number of hydrogen-bond acceptors (Lipinski definition) is 4. The quantitative estimate of drug-likeness (QED) is 0.713. The number of benzene rings is 1. The van der Waals surface area contributed by atoms with Crippen LogP contribution in [0.5, 0.6) is 0 Å². The standard InChI is InChI=1S/C14H13F2NO4/c1-17(10(8-20)3-2-4-18)14(21)11-6-13(16)12(15)5-9(11)7-19/h4-8,10H,2-3H2,1H3. The van der Waals surface area contributed by atoms with Gasteiger partial charge in [-0.05, 0) is 18.6 Å². The zero-order valence-corrected chi connectivity index (χ0v) is 11.2. The molecule has 0 fully saturated rings. The number of hydrogen-bond donors (Lipinski definition) is 0. The topological polar surface area (TPSA) is 71.5 Å². The van der Waals surface area contributed by atoms with Gasteiger partial charge >= 0.3 is 0 Å². The molecule has 5 nitrogen and oxygen atoms in total. The molecule has 21 heavy (non-hydrogen) atoms. The van der Waals surface area contributed by atoms with Crippen LogP contribution in [0.15, 0.2) is 12.1 Å². The van der Waals surface area contributed by atoms with Crippen molar-refractivity contribution in [3.05, 3.63) is 34.9 Å². The lowest BCUT2D eigenvalue weighted by molar-refractivity contribution is -0.112. The Bertz CT molecular complexity index is 574. The number of carbonyl (C=O) groups excluding carboxylic acids is 4. The molecule has 7 heteroatoms. The van der Waals surface area contributed by atoms with Crippen LogP contribution in [0.25, 0.3) is 0 Å². The Kier molecular flexibility index (Phi) is 5.83. The Morgan fingerprint density at radius 2 is 1.86 bits per heavy atom. The summed E-state index contributed by atoms with van der Waals surface area (Å²) >= 11 is 0. The molecule has 0 aromatic heterocycles. The first kappa shape index (κ1) is 16.6. The summed E-state index contributed by atoms with van der Waals surface area (Å²) in [7, 11) is 1.28. The maximum atomic E-state index is 13.2. The van der Waals surface area contributed by atoms with Crippen molar-refractivity contribution in [2.45, 2.75) is 18.9 Å². The number of carbonyl (C=O) groups is 4. The molecule has 0 aliphatic heterocycles. The SMILES string of the molecule is CN(C(=O)c1cc(F)c(F)cc1C=O)C(C=O)CCC=O. The van der Waals surface area contributed by atoms with E-state index in [4.69, 9.17) is 0 Å². The molecule has 0 saturated carbocycles. The molecule has 0 radical (unpaired) electrons. The van der Waals surface area contributed by atoms with Gasteiger partial charge < -0.3 is 14.5 Å². The first-order chi connectivity index (χ1) is 9.96. The number of rotatable bonds is 7. The number of aldehydes is 3. The van der Waals surface area contributed by atoms with E-state index in [1.807, 2.05) is 0 Å². The minimum atomic E-state index is -1.27. The lowest BCUT2D eigenvalue weighted by Crippen LogP contribution is -2.38. The summed E-state index contributed by atoms with van der Waals surface area (Å²) in [5.41, 5.74) is -0.657. The van der Waals surface area contributed by atoms with E-state index >= 15 is 0 Å². The van der Waals surface area contributed by atoms with Crippen molar-refractivity contribution in [3.63, 3.8) is 0 Å². The third-order valence-corrected chi connectivity index (χ3v) is 3.01. The fourth-order valence-electron chi connectivity index (χ4n) is 1.78. The summed E-state index contributed by atoms with van der Waals surface area (Å²) in [4.78, 5) is 45.3. The van der Waals surface area contributed by atoms with Crippen LogP contribution in [0.1, 0.15) is 33.6 Å². The van der Waals surface area contributed by atoms with Gasteiger partial charge in [0.25, 0.3) is 5.91 Å².